The van der Waals surface area contributed by atoms with Crippen molar-refractivity contribution in [2.75, 3.05) is 0 Å². The summed E-state index contributed by atoms with van der Waals surface area (Å²) in [6, 6.07) is 16.2. The Hall–Kier alpha value is -2.08. The summed E-state index contributed by atoms with van der Waals surface area (Å²) in [5, 5.41) is 0. The average molecular weight is 345 g/mol. The molecule has 0 aromatic heterocycles. The minimum Gasteiger partial charge on any atom is -0.0810 e. The lowest BCUT2D eigenvalue weighted by Crippen LogP contribution is -2.02. The predicted octanol–water partition coefficient (Wildman–Crippen LogP) is 7.81. The molecule has 1 unspecified atom stereocenters. The van der Waals surface area contributed by atoms with Gasteiger partial charge < -0.3 is 0 Å². The second kappa shape index (κ2) is 8.08. The molecule has 0 N–H and O–H groups in total. The first-order chi connectivity index (χ1) is 12.4. The van der Waals surface area contributed by atoms with Crippen molar-refractivity contribution in [3.05, 3.63) is 82.5 Å². The van der Waals surface area contributed by atoms with Gasteiger partial charge in [0.15, 0.2) is 0 Å². The Morgan fingerprint density at radius 1 is 0.885 bits per heavy atom. The van der Waals surface area contributed by atoms with Crippen molar-refractivity contribution in [2.24, 2.45) is 0 Å². The van der Waals surface area contributed by atoms with Crippen LogP contribution in [0.1, 0.15) is 76.0 Å². The van der Waals surface area contributed by atoms with E-state index in [4.69, 9.17) is 0 Å². The second-order valence-corrected chi connectivity index (χ2v) is 8.27. The smallest absolute Gasteiger partial charge is 0.0153 e. The number of hydrogen-bond acceptors (Lipinski definition) is 0. The third kappa shape index (κ3) is 4.36. The van der Waals surface area contributed by atoms with Crippen LogP contribution in [-0.4, -0.2) is 0 Å². The minimum atomic E-state index is 0.573. The third-order valence-electron chi connectivity index (χ3n) is 5.64. The number of benzene rings is 2. The average Bonchev–Trinajstić information content (AvgIpc) is 2.63. The van der Waals surface area contributed by atoms with Gasteiger partial charge in [-0.3, -0.25) is 0 Å². The van der Waals surface area contributed by atoms with Crippen LogP contribution in [0.3, 0.4) is 0 Å². The first kappa shape index (κ1) is 18.7. The van der Waals surface area contributed by atoms with E-state index in [0.29, 0.717) is 11.8 Å². The fourth-order valence-corrected chi connectivity index (χ4v) is 3.88. The lowest BCUT2D eigenvalue weighted by molar-refractivity contribution is 0.754. The molecular weight excluding hydrogens is 312 g/mol. The molecule has 0 radical (unpaired) electrons. The van der Waals surface area contributed by atoms with Crippen LogP contribution in [0.5, 0.6) is 0 Å². The summed E-state index contributed by atoms with van der Waals surface area (Å²) in [5.41, 5.74) is 9.99. The Balaban J connectivity index is 1.95. The Morgan fingerprint density at radius 3 is 2.27 bits per heavy atom. The van der Waals surface area contributed by atoms with Gasteiger partial charge in [0.05, 0.1) is 0 Å². The molecule has 0 amide bonds. The van der Waals surface area contributed by atoms with E-state index in [1.807, 2.05) is 0 Å². The maximum Gasteiger partial charge on any atom is -0.0153 e. The normalized spacial score (nSPS) is 18.2. The molecule has 0 heteroatoms. The molecule has 3 rings (SSSR count). The van der Waals surface area contributed by atoms with Crippen LogP contribution in [0.15, 0.2) is 65.8 Å². The minimum absolute atomic E-state index is 0.573. The number of fused-ring (bicyclic) bond motifs is 1. The van der Waals surface area contributed by atoms with Gasteiger partial charge in [0.2, 0.25) is 0 Å². The van der Waals surface area contributed by atoms with Crippen molar-refractivity contribution < 1.29 is 0 Å². The summed E-state index contributed by atoms with van der Waals surface area (Å²) in [6.07, 6.45) is 8.13. The van der Waals surface area contributed by atoms with E-state index in [0.717, 1.165) is 19.3 Å². The molecule has 0 saturated carbocycles. The van der Waals surface area contributed by atoms with Gasteiger partial charge in [-0.25, -0.2) is 0 Å². The van der Waals surface area contributed by atoms with Crippen LogP contribution in [0, 0.1) is 0 Å². The van der Waals surface area contributed by atoms with E-state index in [1.54, 1.807) is 0 Å². The fraction of sp³-hybridized carbons (Fsp3) is 0.385. The van der Waals surface area contributed by atoms with Crippen LogP contribution in [0.2, 0.25) is 0 Å². The van der Waals surface area contributed by atoms with Crippen LogP contribution in [0.25, 0.3) is 11.1 Å². The molecule has 0 nitrogen and oxygen atoms in total. The molecule has 0 saturated heterocycles. The predicted molar refractivity (Wildman–Crippen MR) is 115 cm³/mol. The number of allylic oxidation sites excluding steroid dienone is 4. The van der Waals surface area contributed by atoms with Crippen LogP contribution >= 0.6 is 0 Å². The third-order valence-corrected chi connectivity index (χ3v) is 5.64. The first-order valence-corrected chi connectivity index (χ1v) is 10.0. The maximum atomic E-state index is 2.43. The van der Waals surface area contributed by atoms with Gasteiger partial charge in [-0.05, 0) is 72.8 Å². The largest absolute Gasteiger partial charge is 0.0810 e. The van der Waals surface area contributed by atoms with Crippen molar-refractivity contribution >= 4 is 0 Å². The molecule has 136 valence electrons. The van der Waals surface area contributed by atoms with E-state index in [-0.39, 0.29) is 0 Å². The molecule has 2 aromatic rings. The highest BCUT2D eigenvalue weighted by molar-refractivity contribution is 5.65. The van der Waals surface area contributed by atoms with Crippen LogP contribution in [-0.2, 0) is 6.42 Å². The Labute approximate surface area is 159 Å². The van der Waals surface area contributed by atoms with Crippen molar-refractivity contribution in [1.82, 2.24) is 0 Å². The molecular formula is C26H32. The Morgan fingerprint density at radius 2 is 1.58 bits per heavy atom. The highest BCUT2D eigenvalue weighted by Crippen LogP contribution is 2.31. The quantitative estimate of drug-likeness (QED) is 0.521. The summed E-state index contributed by atoms with van der Waals surface area (Å²) in [5.74, 6) is 1.16. The summed E-state index contributed by atoms with van der Waals surface area (Å²) in [7, 11) is 0. The van der Waals surface area contributed by atoms with E-state index < -0.39 is 0 Å². The molecule has 0 spiro atoms. The molecule has 2 aromatic carbocycles. The number of rotatable bonds is 2. The molecule has 0 aliphatic heterocycles. The molecule has 26 heavy (non-hydrogen) atoms. The van der Waals surface area contributed by atoms with Gasteiger partial charge >= 0.3 is 0 Å². The standard InChI is InChI=1S/C26H32/c1-18(2)22-10-12-23(13-11-22)24-14-15-26-21(5)8-6-19(3)16-20(4)7-9-25(26)17-24/h6,10-18,21H,7-9H2,1-5H3. The first-order valence-electron chi connectivity index (χ1n) is 10.0. The van der Waals surface area contributed by atoms with Crippen LogP contribution in [0.4, 0.5) is 0 Å². The van der Waals surface area contributed by atoms with Crippen molar-refractivity contribution in [2.45, 2.75) is 65.7 Å². The van der Waals surface area contributed by atoms with E-state index in [2.05, 4.69) is 89.2 Å². The summed E-state index contributed by atoms with van der Waals surface area (Å²) < 4.78 is 0. The van der Waals surface area contributed by atoms with Crippen molar-refractivity contribution in [1.29, 1.82) is 0 Å². The zero-order valence-corrected chi connectivity index (χ0v) is 17.0. The number of hydrogen-bond donors (Lipinski definition) is 0. The highest BCUT2D eigenvalue weighted by atomic mass is 14.2. The fourth-order valence-electron chi connectivity index (χ4n) is 3.88. The van der Waals surface area contributed by atoms with Gasteiger partial charge in [0, 0.05) is 0 Å². The molecule has 0 heterocycles. The van der Waals surface area contributed by atoms with Gasteiger partial charge in [-0.15, -0.1) is 0 Å². The van der Waals surface area contributed by atoms with E-state index in [9.17, 15) is 0 Å². The molecule has 1 aliphatic rings. The summed E-state index contributed by atoms with van der Waals surface area (Å²) in [6.45, 7) is 11.3. The molecule has 1 atom stereocenters. The maximum absolute atomic E-state index is 2.43. The van der Waals surface area contributed by atoms with Crippen molar-refractivity contribution in [3.63, 3.8) is 0 Å². The summed E-state index contributed by atoms with van der Waals surface area (Å²) in [4.78, 5) is 0. The number of aryl methyl sites for hydroxylation is 1. The van der Waals surface area contributed by atoms with E-state index in [1.165, 1.54) is 39.0 Å². The van der Waals surface area contributed by atoms with Gasteiger partial charge in [-0.1, -0.05) is 86.5 Å². The summed E-state index contributed by atoms with van der Waals surface area (Å²) >= 11 is 0. The topological polar surface area (TPSA) is 0 Å². The van der Waals surface area contributed by atoms with Gasteiger partial charge in [0.1, 0.15) is 0 Å². The lowest BCUT2D eigenvalue weighted by Gasteiger charge is -2.19. The molecule has 0 bridgehead atoms. The Bertz CT molecular complexity index is 816. The highest BCUT2D eigenvalue weighted by Gasteiger charge is 2.13. The zero-order valence-electron chi connectivity index (χ0n) is 17.0. The molecule has 1 aliphatic carbocycles. The SMILES string of the molecule is CC1=CCC(C)c2ccc(-c3ccc(C(C)C)cc3)cc2CCC(C)=C1. The van der Waals surface area contributed by atoms with E-state index >= 15 is 0 Å². The zero-order chi connectivity index (χ0) is 18.7. The van der Waals surface area contributed by atoms with Gasteiger partial charge in [0.25, 0.3) is 0 Å². The monoisotopic (exact) mass is 344 g/mol. The Kier molecular flexibility index (Phi) is 5.81. The van der Waals surface area contributed by atoms with Crippen LogP contribution < -0.4 is 0 Å². The van der Waals surface area contributed by atoms with Gasteiger partial charge in [-0.2, -0.15) is 0 Å². The second-order valence-electron chi connectivity index (χ2n) is 8.27. The lowest BCUT2D eigenvalue weighted by atomic mass is 9.86. The molecule has 0 fully saturated rings. The van der Waals surface area contributed by atoms with Crippen molar-refractivity contribution in [3.8, 4) is 11.1 Å².